The zero-order valence-corrected chi connectivity index (χ0v) is 17.1. The lowest BCUT2D eigenvalue weighted by atomic mass is 9.87. The van der Waals surface area contributed by atoms with Crippen LogP contribution in [-0.4, -0.2) is 47.2 Å². The number of hydrogen-bond acceptors (Lipinski definition) is 4. The molecular weight excluding hydrogens is 380 g/mol. The molecule has 0 radical (unpaired) electrons. The van der Waals surface area contributed by atoms with Gasteiger partial charge < -0.3 is 4.90 Å². The number of amides is 1. The lowest BCUT2D eigenvalue weighted by Gasteiger charge is -2.25. The van der Waals surface area contributed by atoms with Crippen LogP contribution in [-0.2, 0) is 21.2 Å². The first-order chi connectivity index (χ1) is 13.0. The van der Waals surface area contributed by atoms with Gasteiger partial charge in [-0.25, -0.2) is 8.42 Å². The lowest BCUT2D eigenvalue weighted by molar-refractivity contribution is -0.118. The zero-order chi connectivity index (χ0) is 18.9. The Balaban J connectivity index is 1.52. The number of sulfone groups is 1. The summed E-state index contributed by atoms with van der Waals surface area (Å²) in [4.78, 5) is 19.1. The van der Waals surface area contributed by atoms with Gasteiger partial charge in [-0.3, -0.25) is 4.79 Å². The second-order valence-electron chi connectivity index (χ2n) is 7.91. The molecule has 3 aliphatic rings. The van der Waals surface area contributed by atoms with Gasteiger partial charge in [-0.1, -0.05) is 61.4 Å². The van der Waals surface area contributed by atoms with Crippen LogP contribution in [0, 0.1) is 5.92 Å². The topological polar surface area (TPSA) is 66.8 Å². The highest BCUT2D eigenvalue weighted by atomic mass is 32.2. The molecule has 1 aliphatic carbocycles. The largest absolute Gasteiger partial charge is 0.342 e. The van der Waals surface area contributed by atoms with Gasteiger partial charge in [-0.15, -0.1) is 0 Å². The van der Waals surface area contributed by atoms with Crippen LogP contribution in [0.15, 0.2) is 35.3 Å². The maximum absolute atomic E-state index is 12.6. The Morgan fingerprint density at radius 1 is 1.11 bits per heavy atom. The van der Waals surface area contributed by atoms with Crippen LogP contribution in [0.5, 0.6) is 0 Å². The second-order valence-corrected chi connectivity index (χ2v) is 11.3. The van der Waals surface area contributed by atoms with E-state index < -0.39 is 9.84 Å². The molecule has 1 aromatic rings. The molecule has 146 valence electrons. The Bertz CT molecular complexity index is 817. The van der Waals surface area contributed by atoms with E-state index in [-0.39, 0.29) is 28.7 Å². The monoisotopic (exact) mass is 406 g/mol. The minimum absolute atomic E-state index is 0.0139. The van der Waals surface area contributed by atoms with Crippen molar-refractivity contribution >= 4 is 32.7 Å². The van der Waals surface area contributed by atoms with Gasteiger partial charge in [-0.2, -0.15) is 4.99 Å². The number of fused-ring (bicyclic) bond motifs is 1. The summed E-state index contributed by atoms with van der Waals surface area (Å²) < 4.78 is 24.2. The van der Waals surface area contributed by atoms with Crippen LogP contribution in [0.2, 0.25) is 0 Å². The molecule has 2 aliphatic heterocycles. The van der Waals surface area contributed by atoms with Gasteiger partial charge in [0.25, 0.3) is 0 Å². The standard InChI is InChI=1S/C20H26N2O3S2/c23-19(11-15-7-3-1-4-8-15)21-20-22(12-16-9-5-2-6-10-16)17-13-27(24,25)14-18(17)26-20/h2,5-6,9-10,15,17-18H,1,3-4,7-8,11-14H2/t17-,18+/m0/s1. The Hall–Kier alpha value is -1.34. The number of aliphatic imine (C=N–C) groups is 1. The number of benzene rings is 1. The number of amidine groups is 1. The Kier molecular flexibility index (Phi) is 5.60. The lowest BCUT2D eigenvalue weighted by Crippen LogP contribution is -2.37. The smallest absolute Gasteiger partial charge is 0.248 e. The number of rotatable bonds is 4. The van der Waals surface area contributed by atoms with Crippen LogP contribution in [0.4, 0.5) is 0 Å². The average molecular weight is 407 g/mol. The molecule has 2 heterocycles. The molecule has 5 nitrogen and oxygen atoms in total. The van der Waals surface area contributed by atoms with Gasteiger partial charge in [0.05, 0.1) is 17.5 Å². The van der Waals surface area contributed by atoms with Crippen LogP contribution >= 0.6 is 11.8 Å². The third kappa shape index (κ3) is 4.57. The van der Waals surface area contributed by atoms with Crippen molar-refractivity contribution in [2.45, 2.75) is 56.4 Å². The molecule has 0 N–H and O–H groups in total. The average Bonchev–Trinajstić information content (AvgIpc) is 3.09. The normalized spacial score (nSPS) is 29.2. The molecule has 4 rings (SSSR count). The molecular formula is C20H26N2O3S2. The highest BCUT2D eigenvalue weighted by molar-refractivity contribution is 8.15. The summed E-state index contributed by atoms with van der Waals surface area (Å²) >= 11 is 1.48. The van der Waals surface area contributed by atoms with E-state index in [1.807, 2.05) is 35.2 Å². The van der Waals surface area contributed by atoms with Crippen LogP contribution in [0.25, 0.3) is 0 Å². The minimum Gasteiger partial charge on any atom is -0.342 e. The van der Waals surface area contributed by atoms with Gasteiger partial charge in [0.2, 0.25) is 5.91 Å². The van der Waals surface area contributed by atoms with E-state index in [0.29, 0.717) is 24.1 Å². The fourth-order valence-electron chi connectivity index (χ4n) is 4.39. The molecule has 1 saturated carbocycles. The molecule has 2 saturated heterocycles. The third-order valence-corrected chi connectivity index (χ3v) is 9.03. The fourth-order valence-corrected chi connectivity index (χ4v) is 8.36. The van der Waals surface area contributed by atoms with Crippen molar-refractivity contribution < 1.29 is 13.2 Å². The number of hydrogen-bond donors (Lipinski definition) is 0. The summed E-state index contributed by atoms with van der Waals surface area (Å²) in [6, 6.07) is 9.90. The van der Waals surface area contributed by atoms with E-state index in [9.17, 15) is 13.2 Å². The summed E-state index contributed by atoms with van der Waals surface area (Å²) in [7, 11) is -3.01. The SMILES string of the molecule is O=C(CC1CCCCC1)N=C1S[C@@H]2CS(=O)(=O)C[C@@H]2N1Cc1ccccc1. The van der Waals surface area contributed by atoms with Crippen LogP contribution in [0.1, 0.15) is 44.1 Å². The third-order valence-electron chi connectivity index (χ3n) is 5.78. The van der Waals surface area contributed by atoms with E-state index in [0.717, 1.165) is 18.4 Å². The van der Waals surface area contributed by atoms with Crippen molar-refractivity contribution in [2.24, 2.45) is 10.9 Å². The Morgan fingerprint density at radius 2 is 1.85 bits per heavy atom. The van der Waals surface area contributed by atoms with E-state index in [4.69, 9.17) is 0 Å². The summed E-state index contributed by atoms with van der Waals surface area (Å²) in [5.74, 6) is 0.756. The first-order valence-corrected chi connectivity index (χ1v) is 12.5. The molecule has 0 bridgehead atoms. The predicted molar refractivity (Wildman–Crippen MR) is 109 cm³/mol. The number of thioether (sulfide) groups is 1. The van der Waals surface area contributed by atoms with Crippen molar-refractivity contribution in [1.29, 1.82) is 0 Å². The molecule has 1 aromatic carbocycles. The number of nitrogens with zero attached hydrogens (tertiary/aromatic N) is 2. The quantitative estimate of drug-likeness (QED) is 0.768. The van der Waals surface area contributed by atoms with Crippen molar-refractivity contribution in [2.75, 3.05) is 11.5 Å². The van der Waals surface area contributed by atoms with Crippen molar-refractivity contribution in [3.63, 3.8) is 0 Å². The molecule has 3 fully saturated rings. The molecule has 0 spiro atoms. The summed E-state index contributed by atoms with van der Waals surface area (Å²) in [5, 5.41) is 0.699. The maximum Gasteiger partial charge on any atom is 0.248 e. The highest BCUT2D eigenvalue weighted by Crippen LogP contribution is 2.39. The fraction of sp³-hybridized carbons (Fsp3) is 0.600. The van der Waals surface area contributed by atoms with E-state index in [1.54, 1.807) is 0 Å². The van der Waals surface area contributed by atoms with Crippen molar-refractivity contribution in [1.82, 2.24) is 4.90 Å². The predicted octanol–water partition coefficient (Wildman–Crippen LogP) is 3.25. The Morgan fingerprint density at radius 3 is 2.59 bits per heavy atom. The minimum atomic E-state index is -3.01. The Labute approximate surface area is 165 Å². The summed E-state index contributed by atoms with van der Waals surface area (Å²) in [5.41, 5.74) is 1.11. The summed E-state index contributed by atoms with van der Waals surface area (Å²) in [6.07, 6.45) is 6.48. The highest BCUT2D eigenvalue weighted by Gasteiger charge is 2.48. The van der Waals surface area contributed by atoms with Gasteiger partial charge in [-0.05, 0) is 24.3 Å². The molecule has 1 amide bonds. The maximum atomic E-state index is 12.6. The van der Waals surface area contributed by atoms with Crippen LogP contribution in [0.3, 0.4) is 0 Å². The van der Waals surface area contributed by atoms with Gasteiger partial charge in [0.15, 0.2) is 15.0 Å². The zero-order valence-electron chi connectivity index (χ0n) is 15.4. The molecule has 0 aromatic heterocycles. The van der Waals surface area contributed by atoms with E-state index in [1.165, 1.54) is 31.0 Å². The van der Waals surface area contributed by atoms with E-state index >= 15 is 0 Å². The van der Waals surface area contributed by atoms with Crippen LogP contribution < -0.4 is 0 Å². The molecule has 0 unspecified atom stereocenters. The summed E-state index contributed by atoms with van der Waals surface area (Å²) in [6.45, 7) is 0.597. The first kappa shape index (κ1) is 19.0. The van der Waals surface area contributed by atoms with E-state index in [2.05, 4.69) is 4.99 Å². The van der Waals surface area contributed by atoms with Gasteiger partial charge in [0, 0.05) is 18.2 Å². The number of carbonyl (C=O) groups is 1. The van der Waals surface area contributed by atoms with Gasteiger partial charge >= 0.3 is 0 Å². The second kappa shape index (κ2) is 7.95. The van der Waals surface area contributed by atoms with Crippen molar-refractivity contribution in [3.05, 3.63) is 35.9 Å². The number of carbonyl (C=O) groups excluding carboxylic acids is 1. The molecule has 7 heteroatoms. The first-order valence-electron chi connectivity index (χ1n) is 9.79. The molecule has 27 heavy (non-hydrogen) atoms. The van der Waals surface area contributed by atoms with Crippen molar-refractivity contribution in [3.8, 4) is 0 Å². The molecule has 2 atom stereocenters. The van der Waals surface area contributed by atoms with Gasteiger partial charge in [0.1, 0.15) is 0 Å².